The highest BCUT2D eigenvalue weighted by Gasteiger charge is 2.35. The van der Waals surface area contributed by atoms with Crippen molar-refractivity contribution in [1.29, 1.82) is 0 Å². The summed E-state index contributed by atoms with van der Waals surface area (Å²) in [7, 11) is 0. The summed E-state index contributed by atoms with van der Waals surface area (Å²) in [6, 6.07) is 35.2. The lowest BCUT2D eigenvalue weighted by molar-refractivity contribution is -0.156. The van der Waals surface area contributed by atoms with Gasteiger partial charge in [-0.1, -0.05) is 105 Å². The molecule has 0 saturated carbocycles. The molecule has 2 aromatic heterocycles. The molecule has 0 unspecified atom stereocenters. The summed E-state index contributed by atoms with van der Waals surface area (Å²) >= 11 is 0. The smallest absolute Gasteiger partial charge is 0.445 e. The summed E-state index contributed by atoms with van der Waals surface area (Å²) in [5, 5.41) is 10.2. The number of aryl methyl sites for hydroxylation is 4. The number of rotatable bonds is 18. The number of anilines is 2. The Morgan fingerprint density at radius 2 is 0.712 bits per heavy atom. The van der Waals surface area contributed by atoms with Crippen molar-refractivity contribution in [1.82, 2.24) is 65.3 Å². The SMILES string of the molecule is CC(C)(C)OC(=O)N1CCC(=O)CC1.CCN(C(=O)OCc1ccccc1)C1CCN(C(=O)OC(C)(C)C)CC1.CCN(C(=O)OCc1ccccc1)C1CCN(c2cc(C)nc(C)n2)CC1.CCN(C(=O)OCc1ccccc1)C1CCNCC1.CCNC1CCN(C(=O)OC(C)(C)C)CC1.CCNC1CCN(c2cc(C)nc(C)n2)CC1.O=CC(F)(F)F. The Morgan fingerprint density at radius 3 is 1.00 bits per heavy atom. The predicted octanol–water partition coefficient (Wildman–Crippen LogP) is 16.2. The van der Waals surface area contributed by atoms with Crippen LogP contribution in [0.1, 0.15) is 214 Å². The topological polar surface area (TPSA) is 306 Å². The molecule has 6 saturated heterocycles. The molecule has 3 aromatic carbocycles. The van der Waals surface area contributed by atoms with Crippen LogP contribution in [-0.2, 0) is 57.8 Å². The third-order valence-corrected chi connectivity index (χ3v) is 20.8. The van der Waals surface area contributed by atoms with Gasteiger partial charge in [-0.05, 0) is 218 Å². The van der Waals surface area contributed by atoms with Crippen LogP contribution < -0.4 is 25.8 Å². The van der Waals surface area contributed by atoms with Crippen molar-refractivity contribution in [3.63, 3.8) is 0 Å². The van der Waals surface area contributed by atoms with E-state index in [2.05, 4.69) is 65.6 Å². The maximum Gasteiger partial charge on any atom is 0.446 e. The van der Waals surface area contributed by atoms with Crippen LogP contribution in [0.4, 0.5) is 53.6 Å². The number of amides is 6. The largest absolute Gasteiger partial charge is 0.446 e. The summed E-state index contributed by atoms with van der Waals surface area (Å²) in [5.74, 6) is 3.96. The van der Waals surface area contributed by atoms with Crippen LogP contribution in [-0.4, -0.2) is 262 Å². The Hall–Kier alpha value is -9.95. The van der Waals surface area contributed by atoms with Crippen LogP contribution in [0.2, 0.25) is 0 Å². The lowest BCUT2D eigenvalue weighted by atomic mass is 10.0. The number of aldehydes is 1. The number of alkyl halides is 3. The van der Waals surface area contributed by atoms with Crippen LogP contribution >= 0.6 is 0 Å². The number of likely N-dealkylation sites (tertiary alicyclic amines) is 3. The number of benzene rings is 3. The van der Waals surface area contributed by atoms with Gasteiger partial charge in [-0.2, -0.15) is 13.2 Å². The molecular formula is C93H144F3N15O14. The average Bonchev–Trinajstić information content (AvgIpc) is 0.832. The van der Waals surface area contributed by atoms with E-state index in [1.165, 1.54) is 12.8 Å². The number of carbonyl (C=O) groups is 8. The Kier molecular flexibility index (Phi) is 45.8. The molecule has 5 aromatic rings. The molecule has 11 rings (SSSR count). The second kappa shape index (κ2) is 54.2. The van der Waals surface area contributed by atoms with Gasteiger partial charge in [-0.3, -0.25) is 9.59 Å². The first-order valence-corrected chi connectivity index (χ1v) is 44.5. The number of ether oxygens (including phenoxy) is 6. The van der Waals surface area contributed by atoms with Crippen molar-refractivity contribution in [3.8, 4) is 0 Å². The number of halogens is 3. The Bertz CT molecular complexity index is 3940. The minimum atomic E-state index is -4.64. The van der Waals surface area contributed by atoms with E-state index in [1.54, 1.807) is 19.6 Å². The number of ketones is 1. The zero-order valence-electron chi connectivity index (χ0n) is 77.6. The number of aromatic nitrogens is 4. The molecule has 0 aliphatic carbocycles. The normalized spacial score (nSPS) is 16.2. The van der Waals surface area contributed by atoms with Crippen molar-refractivity contribution < 1.29 is 79.9 Å². The number of Topliss-reactive ketones (excluding diaryl/α,β-unsaturated/α-hetero) is 1. The molecule has 6 aliphatic heterocycles. The average molecular weight is 1750 g/mol. The zero-order chi connectivity index (χ0) is 92.3. The first kappa shape index (κ1) is 106. The molecule has 6 fully saturated rings. The quantitative estimate of drug-likeness (QED) is 0.0542. The minimum Gasteiger partial charge on any atom is -0.445 e. The van der Waals surface area contributed by atoms with Crippen molar-refractivity contribution in [2.24, 2.45) is 0 Å². The number of nitrogens with zero attached hydrogens (tertiary/aromatic N) is 12. The molecule has 6 aliphatic rings. The Balaban J connectivity index is 0.000000266. The van der Waals surface area contributed by atoms with Gasteiger partial charge in [0.05, 0.1) is 0 Å². The number of piperidine rings is 6. The van der Waals surface area contributed by atoms with Gasteiger partial charge in [0.1, 0.15) is 65.7 Å². The van der Waals surface area contributed by atoms with Gasteiger partial charge in [0.25, 0.3) is 0 Å². The zero-order valence-corrected chi connectivity index (χ0v) is 77.6. The van der Waals surface area contributed by atoms with Gasteiger partial charge < -0.3 is 83.6 Å². The molecule has 3 N–H and O–H groups in total. The summed E-state index contributed by atoms with van der Waals surface area (Å²) < 4.78 is 63.6. The molecular weight excluding hydrogens is 1610 g/mol. The first-order chi connectivity index (χ1) is 59.2. The van der Waals surface area contributed by atoms with E-state index in [1.807, 2.05) is 218 Å². The third-order valence-electron chi connectivity index (χ3n) is 20.8. The third kappa shape index (κ3) is 41.8. The Labute approximate surface area is 740 Å². The Morgan fingerprint density at radius 1 is 0.432 bits per heavy atom. The summed E-state index contributed by atoms with van der Waals surface area (Å²) in [5.41, 5.74) is 3.69. The van der Waals surface area contributed by atoms with Crippen LogP contribution in [0.5, 0.6) is 0 Å². The minimum absolute atomic E-state index is 0.0851. The maximum atomic E-state index is 12.6. The standard InChI is InChI=1S/C21H28N4O2.C20H30N2O4.C15H22N2O2.C13H22N4.C12H24N2O2.C10H17NO3.C2HF3O/c1-4-25(21(26)27-15-18-8-6-5-7-9-18)19-10-12-24(13-11-19)20-14-16(2)22-17(3)23-20;1-5-22(19(24)25-15-16-9-7-6-8-10-16)17-11-13-21(14-12-17)18(23)26-20(2,3)4;1-2-17(14-8-10-16-11-9-14)15(18)19-12-13-6-4-3-5-7-13;1-4-14-12-5-7-17(8-6-12)13-9-10(2)15-11(3)16-13;1-5-13-10-6-8-14(9-7-10)11(15)16-12(2,3)4;1-10(2,3)14-9(13)11-6-4-8(12)5-7-11;3-2(4,5)1-6/h5-9,14,19H,4,10-13,15H2,1-3H3;6-10,17H,5,11-15H2,1-4H3;3-7,14,16H,2,8-12H2,1H3;9,12,14H,4-8H2,1-3H3;10,13H,5-9H2,1-4H3;4-7H2,1-3H3;1H. The monoisotopic (exact) mass is 1750 g/mol. The fraction of sp³-hybridized carbons (Fsp3) is 0.634. The summed E-state index contributed by atoms with van der Waals surface area (Å²) in [6.45, 7) is 49.5. The van der Waals surface area contributed by atoms with Crippen LogP contribution in [0.3, 0.4) is 0 Å². The predicted molar refractivity (Wildman–Crippen MR) is 480 cm³/mol. The lowest BCUT2D eigenvalue weighted by Crippen LogP contribution is -2.49. The number of hydrogen-bond donors (Lipinski definition) is 3. The van der Waals surface area contributed by atoms with Crippen molar-refractivity contribution in [2.45, 2.75) is 275 Å². The molecule has 29 nitrogen and oxygen atoms in total. The maximum absolute atomic E-state index is 12.6. The van der Waals surface area contributed by atoms with Crippen molar-refractivity contribution in [2.75, 3.05) is 121 Å². The van der Waals surface area contributed by atoms with E-state index in [0.29, 0.717) is 90.0 Å². The molecule has 0 radical (unpaired) electrons. The fourth-order valence-electron chi connectivity index (χ4n) is 14.7. The van der Waals surface area contributed by atoms with Crippen molar-refractivity contribution in [3.05, 3.63) is 143 Å². The molecule has 125 heavy (non-hydrogen) atoms. The number of hydrogen-bond acceptors (Lipinski definition) is 23. The summed E-state index contributed by atoms with van der Waals surface area (Å²) in [6.07, 6.45) is 3.46. The van der Waals surface area contributed by atoms with E-state index in [4.69, 9.17) is 33.2 Å². The molecule has 0 bridgehead atoms. The molecule has 696 valence electrons. The second-order valence-corrected chi connectivity index (χ2v) is 34.5. The molecule has 0 spiro atoms. The van der Waals surface area contributed by atoms with E-state index in [9.17, 15) is 46.7 Å². The van der Waals surface area contributed by atoms with Gasteiger partial charge in [-0.25, -0.2) is 48.7 Å². The first-order valence-electron chi connectivity index (χ1n) is 44.5. The number of carbonyl (C=O) groups excluding carboxylic acids is 8. The number of nitrogens with one attached hydrogen (secondary N) is 3. The van der Waals surface area contributed by atoms with Gasteiger partial charge in [-0.15, -0.1) is 0 Å². The van der Waals surface area contributed by atoms with Crippen LogP contribution in [0.25, 0.3) is 0 Å². The second-order valence-electron chi connectivity index (χ2n) is 34.5. The summed E-state index contributed by atoms with van der Waals surface area (Å²) in [4.78, 5) is 125. The molecule has 32 heteroatoms. The molecule has 8 heterocycles. The fourth-order valence-corrected chi connectivity index (χ4v) is 14.7. The van der Waals surface area contributed by atoms with Crippen LogP contribution in [0.15, 0.2) is 103 Å². The van der Waals surface area contributed by atoms with Gasteiger partial charge >= 0.3 is 42.7 Å². The van der Waals surface area contributed by atoms with Crippen molar-refractivity contribution >= 4 is 60.3 Å². The van der Waals surface area contributed by atoms with Gasteiger partial charge in [0.2, 0.25) is 6.29 Å². The van der Waals surface area contributed by atoms with Gasteiger partial charge in [0, 0.05) is 152 Å². The molecule has 0 atom stereocenters. The van der Waals surface area contributed by atoms with E-state index in [0.717, 1.165) is 168 Å². The van der Waals surface area contributed by atoms with Gasteiger partial charge in [0.15, 0.2) is 0 Å². The van der Waals surface area contributed by atoms with E-state index < -0.39 is 29.3 Å². The van der Waals surface area contributed by atoms with E-state index >= 15 is 0 Å². The van der Waals surface area contributed by atoms with Crippen LogP contribution in [0, 0.1) is 27.7 Å². The lowest BCUT2D eigenvalue weighted by Gasteiger charge is -2.38. The van der Waals surface area contributed by atoms with E-state index in [-0.39, 0.29) is 61.0 Å². The highest BCUT2D eigenvalue weighted by Crippen LogP contribution is 2.27. The highest BCUT2D eigenvalue weighted by atomic mass is 19.4. The molecule has 6 amide bonds. The highest BCUT2D eigenvalue weighted by molar-refractivity contribution is 5.81.